The van der Waals surface area contributed by atoms with E-state index in [2.05, 4.69) is 50.3 Å². The van der Waals surface area contributed by atoms with Crippen LogP contribution in [0.4, 0.5) is 0 Å². The summed E-state index contributed by atoms with van der Waals surface area (Å²) >= 11 is 0. The Labute approximate surface area is 211 Å². The molecule has 0 unspecified atom stereocenters. The van der Waals surface area contributed by atoms with Gasteiger partial charge >= 0.3 is 0 Å². The van der Waals surface area contributed by atoms with E-state index < -0.39 is 0 Å². The van der Waals surface area contributed by atoms with E-state index in [1.807, 2.05) is 36.4 Å². The Bertz CT molecular complexity index is 1250. The number of benzene rings is 3. The van der Waals surface area contributed by atoms with Crippen molar-refractivity contribution in [2.75, 3.05) is 46.4 Å². The molecule has 7 heteroatoms. The summed E-state index contributed by atoms with van der Waals surface area (Å²) in [5.41, 5.74) is 4.71. The van der Waals surface area contributed by atoms with Crippen molar-refractivity contribution in [1.29, 1.82) is 0 Å². The number of phenolic OH excluding ortho intramolecular Hbond substituents is 1. The van der Waals surface area contributed by atoms with Gasteiger partial charge in [-0.15, -0.1) is 0 Å². The molecule has 0 atom stereocenters. The predicted molar refractivity (Wildman–Crippen MR) is 141 cm³/mol. The van der Waals surface area contributed by atoms with E-state index >= 15 is 0 Å². The molecule has 0 bridgehead atoms. The zero-order chi connectivity index (χ0) is 24.7. The van der Waals surface area contributed by atoms with E-state index in [1.54, 1.807) is 19.4 Å². The number of phenols is 1. The highest BCUT2D eigenvalue weighted by molar-refractivity contribution is 5.83. The topological polar surface area (TPSA) is 73.9 Å². The molecule has 1 aromatic heterocycles. The van der Waals surface area contributed by atoms with Crippen LogP contribution >= 0.6 is 0 Å². The smallest absolute Gasteiger partial charge is 0.128 e. The number of ether oxygens (including phenoxy) is 2. The van der Waals surface area contributed by atoms with Crippen molar-refractivity contribution in [3.05, 3.63) is 84.6 Å². The molecule has 2 heterocycles. The lowest BCUT2D eigenvalue weighted by Gasteiger charge is -2.34. The van der Waals surface area contributed by atoms with Gasteiger partial charge in [-0.05, 0) is 35.4 Å². The van der Waals surface area contributed by atoms with Crippen LogP contribution in [0.1, 0.15) is 5.56 Å². The summed E-state index contributed by atoms with van der Waals surface area (Å²) in [5.74, 6) is 1.60. The van der Waals surface area contributed by atoms with Gasteiger partial charge in [0.05, 0.1) is 19.0 Å². The van der Waals surface area contributed by atoms with Crippen LogP contribution in [0, 0.1) is 0 Å². The first kappa shape index (κ1) is 23.9. The van der Waals surface area contributed by atoms with Crippen molar-refractivity contribution in [2.24, 2.45) is 0 Å². The molecular weight excluding hydrogens is 452 g/mol. The Balaban J connectivity index is 1.13. The van der Waals surface area contributed by atoms with E-state index in [0.717, 1.165) is 61.8 Å². The second-order valence-electron chi connectivity index (χ2n) is 9.02. The average molecular weight is 485 g/mol. The molecule has 0 amide bonds. The first-order chi connectivity index (χ1) is 17.7. The Hall–Kier alpha value is -3.81. The van der Waals surface area contributed by atoms with Crippen LogP contribution in [0.3, 0.4) is 0 Å². The maximum absolute atomic E-state index is 10.8. The zero-order valence-corrected chi connectivity index (χ0v) is 20.6. The van der Waals surface area contributed by atoms with Gasteiger partial charge in [0.1, 0.15) is 23.9 Å². The van der Waals surface area contributed by atoms with Crippen LogP contribution in [0.15, 0.2) is 79.0 Å². The lowest BCUT2D eigenvalue weighted by atomic mass is 10.0. The van der Waals surface area contributed by atoms with Crippen molar-refractivity contribution in [1.82, 2.24) is 20.0 Å². The molecule has 0 spiro atoms. The average Bonchev–Trinajstić information content (AvgIpc) is 3.40. The van der Waals surface area contributed by atoms with Crippen molar-refractivity contribution in [2.45, 2.75) is 6.54 Å². The van der Waals surface area contributed by atoms with Crippen LogP contribution < -0.4 is 9.47 Å². The first-order valence-corrected chi connectivity index (χ1v) is 12.3. The molecule has 186 valence electrons. The highest BCUT2D eigenvalue weighted by Gasteiger charge is 2.17. The van der Waals surface area contributed by atoms with Gasteiger partial charge < -0.3 is 14.6 Å². The van der Waals surface area contributed by atoms with E-state index in [9.17, 15) is 5.11 Å². The highest BCUT2D eigenvalue weighted by Crippen LogP contribution is 2.37. The number of nitrogens with one attached hydrogen (secondary N) is 1. The minimum Gasteiger partial charge on any atom is -0.507 e. The van der Waals surface area contributed by atoms with Crippen molar-refractivity contribution in [3.8, 4) is 39.6 Å². The van der Waals surface area contributed by atoms with Crippen LogP contribution in [-0.4, -0.2) is 71.5 Å². The molecule has 1 aliphatic heterocycles. The van der Waals surface area contributed by atoms with E-state index in [4.69, 9.17) is 9.47 Å². The molecule has 36 heavy (non-hydrogen) atoms. The molecule has 0 saturated carbocycles. The lowest BCUT2D eigenvalue weighted by Crippen LogP contribution is -2.47. The Kier molecular flexibility index (Phi) is 7.50. The fraction of sp³-hybridized carbons (Fsp3) is 0.276. The molecule has 2 N–H and O–H groups in total. The molecule has 3 aromatic carbocycles. The fourth-order valence-corrected chi connectivity index (χ4v) is 4.60. The van der Waals surface area contributed by atoms with Gasteiger partial charge in [-0.1, -0.05) is 42.5 Å². The third kappa shape index (κ3) is 5.70. The number of piperazine rings is 1. The molecule has 4 aromatic rings. The molecule has 0 radical (unpaired) electrons. The second-order valence-corrected chi connectivity index (χ2v) is 9.02. The maximum atomic E-state index is 10.8. The van der Waals surface area contributed by atoms with Gasteiger partial charge in [0.25, 0.3) is 0 Å². The van der Waals surface area contributed by atoms with Crippen LogP contribution in [0.5, 0.6) is 17.2 Å². The summed E-state index contributed by atoms with van der Waals surface area (Å²) in [6.45, 7) is 6.65. The number of nitrogens with zero attached hydrogens (tertiary/aromatic N) is 3. The van der Waals surface area contributed by atoms with Crippen LogP contribution in [0.2, 0.25) is 0 Å². The molecule has 1 aliphatic rings. The van der Waals surface area contributed by atoms with Crippen molar-refractivity contribution >= 4 is 0 Å². The predicted octanol–water partition coefficient (Wildman–Crippen LogP) is 4.65. The standard InChI is InChI=1S/C29H32N4O3/c1-35-24-9-7-23(8-10-24)27-20-30-31-29(27)26-12-11-25(19-28(26)34)36-18-17-32-13-15-33(16-14-32)21-22-5-3-2-4-6-22/h2-12,19-20,34H,13-18,21H2,1H3,(H,30,31). The van der Waals surface area contributed by atoms with Gasteiger partial charge in [0.2, 0.25) is 0 Å². The summed E-state index contributed by atoms with van der Waals surface area (Å²) in [7, 11) is 1.65. The second kappa shape index (κ2) is 11.3. The quantitative estimate of drug-likeness (QED) is 0.360. The highest BCUT2D eigenvalue weighted by atomic mass is 16.5. The Morgan fingerprint density at radius 3 is 2.31 bits per heavy atom. The molecule has 0 aliphatic carbocycles. The van der Waals surface area contributed by atoms with E-state index in [0.29, 0.717) is 17.9 Å². The summed E-state index contributed by atoms with van der Waals surface area (Å²) in [4.78, 5) is 4.93. The monoisotopic (exact) mass is 484 g/mol. The number of H-pyrrole nitrogens is 1. The maximum Gasteiger partial charge on any atom is 0.128 e. The van der Waals surface area contributed by atoms with Gasteiger partial charge in [-0.25, -0.2) is 0 Å². The van der Waals surface area contributed by atoms with Gasteiger partial charge in [0, 0.05) is 56.5 Å². The SMILES string of the molecule is COc1ccc(-c2cn[nH]c2-c2ccc(OCCN3CCN(Cc4ccccc4)CC3)cc2O)cc1. The largest absolute Gasteiger partial charge is 0.507 e. The van der Waals surface area contributed by atoms with Crippen molar-refractivity contribution in [3.63, 3.8) is 0 Å². The molecule has 7 nitrogen and oxygen atoms in total. The van der Waals surface area contributed by atoms with Crippen LogP contribution in [-0.2, 0) is 6.54 Å². The summed E-state index contributed by atoms with van der Waals surface area (Å²) in [6, 6.07) is 23.8. The van der Waals surface area contributed by atoms with Crippen molar-refractivity contribution < 1.29 is 14.6 Å². The number of hydrogen-bond acceptors (Lipinski definition) is 6. The first-order valence-electron chi connectivity index (χ1n) is 12.3. The van der Waals surface area contributed by atoms with E-state index in [-0.39, 0.29) is 5.75 Å². The van der Waals surface area contributed by atoms with Crippen LogP contribution in [0.25, 0.3) is 22.4 Å². The lowest BCUT2D eigenvalue weighted by molar-refractivity contribution is 0.112. The number of aromatic amines is 1. The number of aromatic nitrogens is 2. The molecular formula is C29H32N4O3. The summed E-state index contributed by atoms with van der Waals surface area (Å²) in [5, 5.41) is 18.0. The van der Waals surface area contributed by atoms with E-state index in [1.165, 1.54) is 5.56 Å². The molecule has 5 rings (SSSR count). The van der Waals surface area contributed by atoms with Gasteiger partial charge in [-0.3, -0.25) is 14.9 Å². The summed E-state index contributed by atoms with van der Waals surface area (Å²) in [6.07, 6.45) is 1.76. The normalized spacial score (nSPS) is 14.6. The third-order valence-corrected chi connectivity index (χ3v) is 6.67. The van der Waals surface area contributed by atoms with Gasteiger partial charge in [-0.2, -0.15) is 5.10 Å². The number of rotatable bonds is 9. The minimum atomic E-state index is 0.154. The number of aromatic hydroxyl groups is 1. The third-order valence-electron chi connectivity index (χ3n) is 6.67. The zero-order valence-electron chi connectivity index (χ0n) is 20.6. The minimum absolute atomic E-state index is 0.154. The Morgan fingerprint density at radius 1 is 0.861 bits per heavy atom. The number of methoxy groups -OCH3 is 1. The fourth-order valence-electron chi connectivity index (χ4n) is 4.60. The Morgan fingerprint density at radius 2 is 1.58 bits per heavy atom. The molecule has 1 fully saturated rings. The van der Waals surface area contributed by atoms with Gasteiger partial charge in [0.15, 0.2) is 0 Å². The summed E-state index contributed by atoms with van der Waals surface area (Å²) < 4.78 is 11.2. The molecule has 1 saturated heterocycles. The number of hydrogen-bond donors (Lipinski definition) is 2.